The zero-order chi connectivity index (χ0) is 21.8. The highest BCUT2D eigenvalue weighted by Gasteiger charge is 2.34. The molecule has 1 unspecified atom stereocenters. The van der Waals surface area contributed by atoms with Gasteiger partial charge in [-0.1, -0.05) is 34.1 Å². The molecule has 0 radical (unpaired) electrons. The van der Waals surface area contributed by atoms with Gasteiger partial charge >= 0.3 is 11.9 Å². The Morgan fingerprint density at radius 1 is 0.964 bits per heavy atom. The van der Waals surface area contributed by atoms with E-state index in [-0.39, 0.29) is 23.4 Å². The third-order valence-corrected chi connectivity index (χ3v) is 4.31. The molecule has 0 aromatic rings. The third-order valence-electron chi connectivity index (χ3n) is 4.31. The van der Waals surface area contributed by atoms with Gasteiger partial charge in [-0.2, -0.15) is 0 Å². The molecule has 0 rings (SSSR count). The van der Waals surface area contributed by atoms with Gasteiger partial charge in [-0.25, -0.2) is 0 Å². The Balaban J connectivity index is 4.85. The van der Waals surface area contributed by atoms with Crippen LogP contribution < -0.4 is 5.32 Å². The Hall–Kier alpha value is -1.14. The lowest BCUT2D eigenvalue weighted by molar-refractivity contribution is -0.155. The molecule has 6 heteroatoms. The molecule has 28 heavy (non-hydrogen) atoms. The number of ether oxygens (including phenoxy) is 3. The van der Waals surface area contributed by atoms with Gasteiger partial charge in [0.25, 0.3) is 0 Å². The fourth-order valence-electron chi connectivity index (χ4n) is 2.80. The summed E-state index contributed by atoms with van der Waals surface area (Å²) in [6.45, 7) is 15.2. The van der Waals surface area contributed by atoms with Crippen LogP contribution in [0.2, 0.25) is 0 Å². The maximum Gasteiger partial charge on any atom is 0.323 e. The summed E-state index contributed by atoms with van der Waals surface area (Å²) in [6.07, 6.45) is 4.78. The van der Waals surface area contributed by atoms with Crippen LogP contribution in [0.3, 0.4) is 0 Å². The number of esters is 2. The van der Waals surface area contributed by atoms with Gasteiger partial charge in [0, 0.05) is 25.7 Å². The number of carbonyl (C=O) groups is 2. The molecule has 0 aliphatic heterocycles. The molecular formula is C22H43NO5. The number of unbranched alkanes of at least 4 members (excludes halogenated alkanes) is 1. The molecular weight excluding hydrogens is 358 g/mol. The van der Waals surface area contributed by atoms with Gasteiger partial charge in [0.15, 0.2) is 0 Å². The van der Waals surface area contributed by atoms with Crippen LogP contribution in [0, 0.1) is 5.41 Å². The average Bonchev–Trinajstić information content (AvgIpc) is 2.56. The van der Waals surface area contributed by atoms with E-state index in [0.717, 1.165) is 32.3 Å². The second-order valence-electron chi connectivity index (χ2n) is 9.42. The van der Waals surface area contributed by atoms with Crippen LogP contribution >= 0.6 is 0 Å². The quantitative estimate of drug-likeness (QED) is 0.367. The maximum absolute atomic E-state index is 12.3. The van der Waals surface area contributed by atoms with Crippen molar-refractivity contribution < 1.29 is 23.8 Å². The van der Waals surface area contributed by atoms with Gasteiger partial charge in [-0.05, 0) is 51.9 Å². The summed E-state index contributed by atoms with van der Waals surface area (Å²) in [4.78, 5) is 24.4. The van der Waals surface area contributed by atoms with Crippen molar-refractivity contribution in [1.29, 1.82) is 0 Å². The average molecular weight is 402 g/mol. The predicted molar refractivity (Wildman–Crippen MR) is 112 cm³/mol. The number of rotatable bonds is 13. The predicted octanol–water partition coefficient (Wildman–Crippen LogP) is 4.25. The number of methoxy groups -OCH3 is 1. The Kier molecular flexibility index (Phi) is 12.6. The summed E-state index contributed by atoms with van der Waals surface area (Å²) >= 11 is 0. The van der Waals surface area contributed by atoms with Gasteiger partial charge in [-0.3, -0.25) is 9.59 Å². The SMILES string of the molecule is CCCCOCCCC(CCC(=O)OC(C)(C)C)N[C@H](C(=O)OC)C(C)(C)C. The molecule has 0 saturated heterocycles. The second-order valence-corrected chi connectivity index (χ2v) is 9.42. The smallest absolute Gasteiger partial charge is 0.323 e. The van der Waals surface area contributed by atoms with E-state index in [4.69, 9.17) is 14.2 Å². The lowest BCUT2D eigenvalue weighted by atomic mass is 9.85. The van der Waals surface area contributed by atoms with Crippen molar-refractivity contribution >= 4 is 11.9 Å². The summed E-state index contributed by atoms with van der Waals surface area (Å²) in [7, 11) is 1.40. The third kappa shape index (κ3) is 13.1. The first kappa shape index (κ1) is 26.9. The summed E-state index contributed by atoms with van der Waals surface area (Å²) in [5.74, 6) is -0.502. The first-order valence-electron chi connectivity index (χ1n) is 10.5. The molecule has 0 heterocycles. The Morgan fingerprint density at radius 2 is 1.57 bits per heavy atom. The molecule has 0 aliphatic rings. The first-order chi connectivity index (χ1) is 12.9. The van der Waals surface area contributed by atoms with Crippen molar-refractivity contribution in [2.75, 3.05) is 20.3 Å². The highest BCUT2D eigenvalue weighted by molar-refractivity contribution is 5.76. The monoisotopic (exact) mass is 401 g/mol. The zero-order valence-electron chi connectivity index (χ0n) is 19.4. The summed E-state index contributed by atoms with van der Waals surface area (Å²) in [5.41, 5.74) is -0.790. The molecule has 1 N–H and O–H groups in total. The minimum atomic E-state index is -0.493. The Morgan fingerprint density at radius 3 is 2.07 bits per heavy atom. The highest BCUT2D eigenvalue weighted by atomic mass is 16.6. The van der Waals surface area contributed by atoms with Gasteiger partial charge in [-0.15, -0.1) is 0 Å². The molecule has 0 aromatic carbocycles. The summed E-state index contributed by atoms with van der Waals surface area (Å²) < 4.78 is 16.0. The molecule has 0 saturated carbocycles. The van der Waals surface area contributed by atoms with Crippen LogP contribution in [-0.4, -0.2) is 49.9 Å². The van der Waals surface area contributed by atoms with E-state index < -0.39 is 11.6 Å². The zero-order valence-corrected chi connectivity index (χ0v) is 19.4. The van der Waals surface area contributed by atoms with Crippen molar-refractivity contribution in [3.63, 3.8) is 0 Å². The summed E-state index contributed by atoms with van der Waals surface area (Å²) in [5, 5.41) is 3.43. The molecule has 0 aromatic heterocycles. The molecule has 2 atom stereocenters. The maximum atomic E-state index is 12.3. The lowest BCUT2D eigenvalue weighted by Gasteiger charge is -2.33. The Bertz CT molecular complexity index is 451. The largest absolute Gasteiger partial charge is 0.468 e. The standard InChI is InChI=1S/C22H43NO5/c1-9-10-15-27-16-11-12-17(13-14-18(24)28-22(5,6)7)23-19(20(25)26-8)21(2,3)4/h17,19,23H,9-16H2,1-8H3/t17?,19-/m1/s1. The van der Waals surface area contributed by atoms with Gasteiger partial charge in [0.2, 0.25) is 0 Å². The summed E-state index contributed by atoms with van der Waals surface area (Å²) in [6, 6.07) is -0.437. The molecule has 0 spiro atoms. The van der Waals surface area contributed by atoms with Crippen molar-refractivity contribution in [2.45, 2.75) is 105 Å². The van der Waals surface area contributed by atoms with Crippen LogP contribution in [0.5, 0.6) is 0 Å². The van der Waals surface area contributed by atoms with E-state index in [1.165, 1.54) is 7.11 Å². The number of hydrogen-bond acceptors (Lipinski definition) is 6. The number of carbonyl (C=O) groups excluding carboxylic acids is 2. The van der Waals surface area contributed by atoms with Crippen molar-refractivity contribution in [3.05, 3.63) is 0 Å². The van der Waals surface area contributed by atoms with Crippen LogP contribution in [0.25, 0.3) is 0 Å². The van der Waals surface area contributed by atoms with Crippen molar-refractivity contribution in [1.82, 2.24) is 5.32 Å². The van der Waals surface area contributed by atoms with E-state index in [1.54, 1.807) is 0 Å². The molecule has 166 valence electrons. The van der Waals surface area contributed by atoms with Gasteiger partial charge in [0.05, 0.1) is 7.11 Å². The van der Waals surface area contributed by atoms with E-state index in [1.807, 2.05) is 41.5 Å². The van der Waals surface area contributed by atoms with Crippen molar-refractivity contribution in [3.8, 4) is 0 Å². The molecule has 6 nitrogen and oxygen atoms in total. The lowest BCUT2D eigenvalue weighted by Crippen LogP contribution is -2.51. The van der Waals surface area contributed by atoms with Crippen LogP contribution in [0.4, 0.5) is 0 Å². The van der Waals surface area contributed by atoms with Gasteiger partial charge < -0.3 is 19.5 Å². The number of hydrogen-bond donors (Lipinski definition) is 1. The fourth-order valence-corrected chi connectivity index (χ4v) is 2.80. The molecule has 0 aliphatic carbocycles. The van der Waals surface area contributed by atoms with E-state index in [2.05, 4.69) is 12.2 Å². The number of nitrogens with one attached hydrogen (secondary N) is 1. The molecule has 0 fully saturated rings. The minimum Gasteiger partial charge on any atom is -0.468 e. The van der Waals surface area contributed by atoms with Crippen LogP contribution in [0.1, 0.15) is 87.0 Å². The van der Waals surface area contributed by atoms with E-state index in [9.17, 15) is 9.59 Å². The topological polar surface area (TPSA) is 73.9 Å². The fraction of sp³-hybridized carbons (Fsp3) is 0.909. The first-order valence-corrected chi connectivity index (χ1v) is 10.5. The molecule has 0 amide bonds. The second kappa shape index (κ2) is 13.2. The highest BCUT2D eigenvalue weighted by Crippen LogP contribution is 2.22. The van der Waals surface area contributed by atoms with Crippen LogP contribution in [-0.2, 0) is 23.8 Å². The Labute approximate surface area is 172 Å². The molecule has 0 bridgehead atoms. The minimum absolute atomic E-state index is 0.00520. The van der Waals surface area contributed by atoms with Crippen molar-refractivity contribution in [2.24, 2.45) is 5.41 Å². The van der Waals surface area contributed by atoms with Crippen LogP contribution in [0.15, 0.2) is 0 Å². The van der Waals surface area contributed by atoms with E-state index in [0.29, 0.717) is 19.4 Å². The van der Waals surface area contributed by atoms with E-state index >= 15 is 0 Å². The normalized spacial score (nSPS) is 14.4. The van der Waals surface area contributed by atoms with Gasteiger partial charge in [0.1, 0.15) is 11.6 Å².